The second-order valence-electron chi connectivity index (χ2n) is 5.15. The zero-order valence-corrected chi connectivity index (χ0v) is 11.5. The molecular formula is C14H27N3. The van der Waals surface area contributed by atoms with Crippen LogP contribution in [-0.4, -0.2) is 49.1 Å². The van der Waals surface area contributed by atoms with Gasteiger partial charge in [0.25, 0.3) is 0 Å². The normalized spacial score (nSPS) is 20.1. The van der Waals surface area contributed by atoms with Crippen LogP contribution in [0.15, 0.2) is 0 Å². The Balaban J connectivity index is 2.21. The molecule has 1 aliphatic rings. The Morgan fingerprint density at radius 2 is 1.76 bits per heavy atom. The van der Waals surface area contributed by atoms with Crippen molar-refractivity contribution in [1.82, 2.24) is 9.80 Å². The molecule has 3 nitrogen and oxygen atoms in total. The van der Waals surface area contributed by atoms with Crippen LogP contribution in [0.3, 0.4) is 0 Å². The largest absolute Gasteiger partial charge is 0.301 e. The lowest BCUT2D eigenvalue weighted by Gasteiger charge is -2.35. The highest BCUT2D eigenvalue weighted by Gasteiger charge is 2.18. The summed E-state index contributed by atoms with van der Waals surface area (Å²) in [6, 6.07) is 2.24. The smallest absolute Gasteiger partial charge is 0.0866 e. The van der Waals surface area contributed by atoms with E-state index in [1.165, 1.54) is 32.2 Å². The van der Waals surface area contributed by atoms with Gasteiger partial charge in [0, 0.05) is 32.7 Å². The van der Waals surface area contributed by atoms with E-state index in [9.17, 15) is 0 Å². The summed E-state index contributed by atoms with van der Waals surface area (Å²) in [4.78, 5) is 4.83. The number of hydrogen-bond acceptors (Lipinski definition) is 3. The molecule has 0 aromatic heterocycles. The van der Waals surface area contributed by atoms with Gasteiger partial charge < -0.3 is 4.90 Å². The minimum Gasteiger partial charge on any atom is -0.301 e. The SMILES string of the molecule is CCCCC(CC)CN1CCN(CC#N)CC1. The summed E-state index contributed by atoms with van der Waals surface area (Å²) < 4.78 is 0. The van der Waals surface area contributed by atoms with Crippen molar-refractivity contribution in [3.8, 4) is 6.07 Å². The van der Waals surface area contributed by atoms with E-state index in [2.05, 4.69) is 29.7 Å². The van der Waals surface area contributed by atoms with Gasteiger partial charge in [-0.3, -0.25) is 4.90 Å². The molecule has 0 saturated carbocycles. The third-order valence-corrected chi connectivity index (χ3v) is 3.82. The standard InChI is InChI=1S/C14H27N3/c1-3-5-6-14(4-2)13-17-11-9-16(8-7-15)10-12-17/h14H,3-6,8-13H2,1-2H3. The molecule has 0 N–H and O–H groups in total. The predicted molar refractivity (Wildman–Crippen MR) is 71.8 cm³/mol. The van der Waals surface area contributed by atoms with E-state index in [1.807, 2.05) is 0 Å². The van der Waals surface area contributed by atoms with Gasteiger partial charge in [-0.25, -0.2) is 0 Å². The molecule has 1 heterocycles. The number of rotatable bonds is 7. The van der Waals surface area contributed by atoms with E-state index < -0.39 is 0 Å². The van der Waals surface area contributed by atoms with Gasteiger partial charge in [-0.1, -0.05) is 33.1 Å². The maximum Gasteiger partial charge on any atom is 0.0866 e. The molecule has 0 aliphatic carbocycles. The second-order valence-corrected chi connectivity index (χ2v) is 5.15. The zero-order chi connectivity index (χ0) is 12.5. The zero-order valence-electron chi connectivity index (χ0n) is 11.5. The summed E-state index contributed by atoms with van der Waals surface area (Å²) in [6.45, 7) is 10.9. The Morgan fingerprint density at radius 1 is 1.12 bits per heavy atom. The fourth-order valence-electron chi connectivity index (χ4n) is 2.51. The minimum atomic E-state index is 0.598. The highest BCUT2D eigenvalue weighted by atomic mass is 15.3. The fourth-order valence-corrected chi connectivity index (χ4v) is 2.51. The Kier molecular flexibility index (Phi) is 7.23. The van der Waals surface area contributed by atoms with Crippen LogP contribution in [0.4, 0.5) is 0 Å². The summed E-state index contributed by atoms with van der Waals surface area (Å²) in [5.41, 5.74) is 0. The van der Waals surface area contributed by atoms with Gasteiger partial charge in [-0.15, -0.1) is 0 Å². The van der Waals surface area contributed by atoms with Crippen LogP contribution in [-0.2, 0) is 0 Å². The van der Waals surface area contributed by atoms with Gasteiger partial charge in [0.2, 0.25) is 0 Å². The monoisotopic (exact) mass is 237 g/mol. The average Bonchev–Trinajstić information content (AvgIpc) is 2.37. The molecule has 1 fully saturated rings. The Morgan fingerprint density at radius 3 is 2.29 bits per heavy atom. The van der Waals surface area contributed by atoms with Crippen LogP contribution in [0, 0.1) is 17.2 Å². The first kappa shape index (κ1) is 14.5. The summed E-state index contributed by atoms with van der Waals surface area (Å²) in [7, 11) is 0. The van der Waals surface area contributed by atoms with Crippen molar-refractivity contribution in [1.29, 1.82) is 5.26 Å². The molecule has 0 radical (unpaired) electrons. The molecule has 0 spiro atoms. The van der Waals surface area contributed by atoms with Gasteiger partial charge >= 0.3 is 0 Å². The number of nitriles is 1. The molecule has 98 valence electrons. The first-order valence-corrected chi connectivity index (χ1v) is 7.11. The molecule has 1 aliphatic heterocycles. The average molecular weight is 237 g/mol. The van der Waals surface area contributed by atoms with Crippen molar-refractivity contribution < 1.29 is 0 Å². The van der Waals surface area contributed by atoms with Crippen LogP contribution in [0.25, 0.3) is 0 Å². The van der Waals surface area contributed by atoms with Crippen molar-refractivity contribution in [3.05, 3.63) is 0 Å². The van der Waals surface area contributed by atoms with Crippen molar-refractivity contribution in [2.45, 2.75) is 39.5 Å². The lowest BCUT2D eigenvalue weighted by molar-refractivity contribution is 0.123. The van der Waals surface area contributed by atoms with Crippen LogP contribution >= 0.6 is 0 Å². The lowest BCUT2D eigenvalue weighted by Crippen LogP contribution is -2.47. The molecule has 1 saturated heterocycles. The second kappa shape index (κ2) is 8.49. The lowest BCUT2D eigenvalue weighted by atomic mass is 9.98. The van der Waals surface area contributed by atoms with E-state index in [1.54, 1.807) is 0 Å². The number of nitrogens with zero attached hydrogens (tertiary/aromatic N) is 3. The molecular weight excluding hydrogens is 210 g/mol. The summed E-state index contributed by atoms with van der Waals surface area (Å²) in [5, 5.41) is 8.66. The van der Waals surface area contributed by atoms with E-state index in [0.717, 1.165) is 32.1 Å². The summed E-state index contributed by atoms with van der Waals surface area (Å²) in [6.07, 6.45) is 5.36. The van der Waals surface area contributed by atoms with E-state index >= 15 is 0 Å². The van der Waals surface area contributed by atoms with Crippen molar-refractivity contribution in [2.75, 3.05) is 39.3 Å². The summed E-state index contributed by atoms with van der Waals surface area (Å²) >= 11 is 0. The Hall–Kier alpha value is -0.590. The molecule has 17 heavy (non-hydrogen) atoms. The molecule has 0 aromatic rings. The Bertz CT molecular complexity index is 226. The molecule has 3 heteroatoms. The molecule has 0 bridgehead atoms. The third-order valence-electron chi connectivity index (χ3n) is 3.82. The highest BCUT2D eigenvalue weighted by molar-refractivity contribution is 4.81. The van der Waals surface area contributed by atoms with Gasteiger partial charge in [0.05, 0.1) is 12.6 Å². The topological polar surface area (TPSA) is 30.3 Å². The first-order valence-electron chi connectivity index (χ1n) is 7.11. The molecule has 0 aromatic carbocycles. The predicted octanol–water partition coefficient (Wildman–Crippen LogP) is 2.34. The summed E-state index contributed by atoms with van der Waals surface area (Å²) in [5.74, 6) is 0.873. The van der Waals surface area contributed by atoms with Crippen molar-refractivity contribution in [3.63, 3.8) is 0 Å². The molecule has 1 atom stereocenters. The van der Waals surface area contributed by atoms with E-state index in [-0.39, 0.29) is 0 Å². The van der Waals surface area contributed by atoms with Crippen LogP contribution in [0.5, 0.6) is 0 Å². The van der Waals surface area contributed by atoms with Crippen molar-refractivity contribution >= 4 is 0 Å². The van der Waals surface area contributed by atoms with Crippen LogP contribution in [0.1, 0.15) is 39.5 Å². The van der Waals surface area contributed by atoms with Crippen molar-refractivity contribution in [2.24, 2.45) is 5.92 Å². The fraction of sp³-hybridized carbons (Fsp3) is 0.929. The van der Waals surface area contributed by atoms with Gasteiger partial charge in [0.1, 0.15) is 0 Å². The van der Waals surface area contributed by atoms with E-state index in [4.69, 9.17) is 5.26 Å². The molecule has 1 rings (SSSR count). The molecule has 0 amide bonds. The van der Waals surface area contributed by atoms with Gasteiger partial charge in [0.15, 0.2) is 0 Å². The third kappa shape index (κ3) is 5.52. The first-order chi connectivity index (χ1) is 8.30. The minimum absolute atomic E-state index is 0.598. The number of unbranched alkanes of at least 4 members (excludes halogenated alkanes) is 1. The van der Waals surface area contributed by atoms with Gasteiger partial charge in [-0.05, 0) is 12.3 Å². The maximum absolute atomic E-state index is 8.66. The highest BCUT2D eigenvalue weighted by Crippen LogP contribution is 2.15. The number of hydrogen-bond donors (Lipinski definition) is 0. The van der Waals surface area contributed by atoms with Crippen LogP contribution < -0.4 is 0 Å². The Labute approximate surface area is 106 Å². The van der Waals surface area contributed by atoms with Gasteiger partial charge in [-0.2, -0.15) is 5.26 Å². The van der Waals surface area contributed by atoms with E-state index in [0.29, 0.717) is 6.54 Å². The number of piperazine rings is 1. The van der Waals surface area contributed by atoms with Crippen LogP contribution in [0.2, 0.25) is 0 Å². The quantitative estimate of drug-likeness (QED) is 0.637. The maximum atomic E-state index is 8.66. The molecule has 1 unspecified atom stereocenters.